The molecule has 1 aliphatic heterocycles. The Kier molecular flexibility index (Phi) is 3.78. The fraction of sp³-hybridized carbons (Fsp3) is 0.500. The number of carbonyl (C=O) groups is 1. The number of hydrogen-bond acceptors (Lipinski definition) is 4. The van der Waals surface area contributed by atoms with E-state index in [2.05, 4.69) is 5.32 Å². The lowest BCUT2D eigenvalue weighted by Crippen LogP contribution is -2.47. The zero-order valence-electron chi connectivity index (χ0n) is 11.1. The number of hydrogen-bond donors (Lipinski definition) is 3. The predicted octanol–water partition coefficient (Wildman–Crippen LogP) is 0.970. The van der Waals surface area contributed by atoms with Crippen LogP contribution in [0.25, 0.3) is 0 Å². The monoisotopic (exact) mass is 265 g/mol. The van der Waals surface area contributed by atoms with Crippen LogP contribution in [0.5, 0.6) is 5.75 Å². The Hall–Kier alpha value is -1.59. The molecule has 3 N–H and O–H groups in total. The van der Waals surface area contributed by atoms with Crippen molar-refractivity contribution in [3.8, 4) is 5.75 Å². The molecular weight excluding hydrogens is 246 g/mol. The molecule has 0 saturated carbocycles. The highest BCUT2D eigenvalue weighted by Gasteiger charge is 2.39. The predicted molar refractivity (Wildman–Crippen MR) is 70.2 cm³/mol. The molecule has 0 bridgehead atoms. The SMILES string of the molecule is Cc1cc(C(=O)NCC2(O)CCOC2C)ccc1O. The molecule has 1 heterocycles. The zero-order valence-corrected chi connectivity index (χ0v) is 11.1. The van der Waals surface area contributed by atoms with Crippen molar-refractivity contribution in [2.75, 3.05) is 13.2 Å². The maximum atomic E-state index is 12.0. The van der Waals surface area contributed by atoms with Gasteiger partial charge in [0.15, 0.2) is 0 Å². The van der Waals surface area contributed by atoms with Gasteiger partial charge in [-0.25, -0.2) is 0 Å². The van der Waals surface area contributed by atoms with Crippen molar-refractivity contribution >= 4 is 5.91 Å². The lowest BCUT2D eigenvalue weighted by atomic mass is 9.96. The standard InChI is InChI=1S/C14H19NO4/c1-9-7-11(3-4-12(9)16)13(17)15-8-14(18)5-6-19-10(14)2/h3-4,7,10,16,18H,5-6,8H2,1-2H3,(H,15,17). The molecule has 0 aromatic heterocycles. The van der Waals surface area contributed by atoms with Gasteiger partial charge >= 0.3 is 0 Å². The number of rotatable bonds is 3. The molecule has 1 aromatic rings. The van der Waals surface area contributed by atoms with Crippen LogP contribution in [0.1, 0.15) is 29.3 Å². The molecule has 104 valence electrons. The van der Waals surface area contributed by atoms with Crippen molar-refractivity contribution in [3.05, 3.63) is 29.3 Å². The van der Waals surface area contributed by atoms with Crippen LogP contribution in [-0.2, 0) is 4.74 Å². The van der Waals surface area contributed by atoms with Crippen LogP contribution in [0.3, 0.4) is 0 Å². The third-order valence-corrected chi connectivity index (χ3v) is 3.67. The first-order valence-electron chi connectivity index (χ1n) is 6.34. The second-order valence-corrected chi connectivity index (χ2v) is 5.05. The maximum absolute atomic E-state index is 12.0. The lowest BCUT2D eigenvalue weighted by molar-refractivity contribution is -0.0251. The Morgan fingerprint density at radius 2 is 2.32 bits per heavy atom. The van der Waals surface area contributed by atoms with Gasteiger partial charge in [0.1, 0.15) is 11.4 Å². The van der Waals surface area contributed by atoms with E-state index in [1.54, 1.807) is 26.0 Å². The van der Waals surface area contributed by atoms with Crippen LogP contribution in [0.4, 0.5) is 0 Å². The van der Waals surface area contributed by atoms with Gasteiger partial charge in [-0.05, 0) is 37.6 Å². The smallest absolute Gasteiger partial charge is 0.251 e. The van der Waals surface area contributed by atoms with Gasteiger partial charge in [-0.15, -0.1) is 0 Å². The minimum absolute atomic E-state index is 0.160. The topological polar surface area (TPSA) is 78.8 Å². The zero-order chi connectivity index (χ0) is 14.0. The van der Waals surface area contributed by atoms with Gasteiger partial charge < -0.3 is 20.3 Å². The fourth-order valence-electron chi connectivity index (χ4n) is 2.14. The summed E-state index contributed by atoms with van der Waals surface area (Å²) in [7, 11) is 0. The molecule has 2 unspecified atom stereocenters. The van der Waals surface area contributed by atoms with Crippen molar-refractivity contribution in [1.82, 2.24) is 5.32 Å². The van der Waals surface area contributed by atoms with Gasteiger partial charge in [0.2, 0.25) is 0 Å². The van der Waals surface area contributed by atoms with E-state index in [4.69, 9.17) is 4.74 Å². The van der Waals surface area contributed by atoms with Crippen molar-refractivity contribution < 1.29 is 19.7 Å². The third kappa shape index (κ3) is 2.88. The summed E-state index contributed by atoms with van der Waals surface area (Å²) in [6.45, 7) is 4.19. The van der Waals surface area contributed by atoms with E-state index in [1.807, 2.05) is 0 Å². The third-order valence-electron chi connectivity index (χ3n) is 3.67. The number of aryl methyl sites for hydroxylation is 1. The minimum atomic E-state index is -0.998. The molecule has 1 amide bonds. The average molecular weight is 265 g/mol. The van der Waals surface area contributed by atoms with E-state index in [0.717, 1.165) is 0 Å². The summed E-state index contributed by atoms with van der Waals surface area (Å²) in [4.78, 5) is 12.0. The van der Waals surface area contributed by atoms with Gasteiger partial charge in [0, 0.05) is 25.1 Å². The largest absolute Gasteiger partial charge is 0.508 e. The van der Waals surface area contributed by atoms with Crippen LogP contribution in [-0.4, -0.2) is 41.0 Å². The molecule has 1 fully saturated rings. The number of aromatic hydroxyl groups is 1. The molecular formula is C14H19NO4. The Bertz CT molecular complexity index is 488. The second kappa shape index (κ2) is 5.19. The summed E-state index contributed by atoms with van der Waals surface area (Å²) in [5, 5.41) is 22.4. The summed E-state index contributed by atoms with van der Waals surface area (Å²) < 4.78 is 5.31. The molecule has 5 nitrogen and oxygen atoms in total. The second-order valence-electron chi connectivity index (χ2n) is 5.05. The van der Waals surface area contributed by atoms with Gasteiger partial charge in [0.25, 0.3) is 5.91 Å². The molecule has 1 aromatic carbocycles. The normalized spacial score (nSPS) is 26.4. The highest BCUT2D eigenvalue weighted by atomic mass is 16.5. The maximum Gasteiger partial charge on any atom is 0.251 e. The van der Waals surface area contributed by atoms with Gasteiger partial charge in [0.05, 0.1) is 6.10 Å². The van der Waals surface area contributed by atoms with E-state index in [1.165, 1.54) is 6.07 Å². The summed E-state index contributed by atoms with van der Waals surface area (Å²) in [5.41, 5.74) is 0.108. The summed E-state index contributed by atoms with van der Waals surface area (Å²) in [6.07, 6.45) is 0.234. The van der Waals surface area contributed by atoms with Crippen LogP contribution >= 0.6 is 0 Å². The molecule has 2 rings (SSSR count). The van der Waals surface area contributed by atoms with E-state index >= 15 is 0 Å². The van der Waals surface area contributed by atoms with Crippen LogP contribution in [0, 0.1) is 6.92 Å². The number of ether oxygens (including phenoxy) is 1. The Balaban J connectivity index is 1.99. The highest BCUT2D eigenvalue weighted by Crippen LogP contribution is 2.25. The number of carbonyl (C=O) groups excluding carboxylic acids is 1. The minimum Gasteiger partial charge on any atom is -0.508 e. The Morgan fingerprint density at radius 1 is 1.58 bits per heavy atom. The van der Waals surface area contributed by atoms with Crippen molar-refractivity contribution in [1.29, 1.82) is 0 Å². The quantitative estimate of drug-likeness (QED) is 0.761. The number of amides is 1. The molecule has 1 saturated heterocycles. The number of phenolic OH excluding ortho intramolecular Hbond substituents is 1. The number of aliphatic hydroxyl groups is 1. The molecule has 2 atom stereocenters. The number of nitrogens with one attached hydrogen (secondary N) is 1. The Morgan fingerprint density at radius 3 is 2.89 bits per heavy atom. The average Bonchev–Trinajstić information content (AvgIpc) is 2.71. The van der Waals surface area contributed by atoms with E-state index in [9.17, 15) is 15.0 Å². The van der Waals surface area contributed by atoms with Crippen LogP contribution in [0.15, 0.2) is 18.2 Å². The van der Waals surface area contributed by atoms with Gasteiger partial charge in [-0.3, -0.25) is 4.79 Å². The number of benzene rings is 1. The summed E-state index contributed by atoms with van der Waals surface area (Å²) in [6, 6.07) is 4.65. The van der Waals surface area contributed by atoms with Crippen molar-refractivity contribution in [2.24, 2.45) is 0 Å². The molecule has 19 heavy (non-hydrogen) atoms. The molecule has 5 heteroatoms. The van der Waals surface area contributed by atoms with Gasteiger partial charge in [-0.1, -0.05) is 0 Å². The molecule has 0 radical (unpaired) electrons. The fourth-order valence-corrected chi connectivity index (χ4v) is 2.14. The molecule has 0 spiro atoms. The first kappa shape index (κ1) is 13.8. The van der Waals surface area contributed by atoms with Gasteiger partial charge in [-0.2, -0.15) is 0 Å². The van der Waals surface area contributed by atoms with E-state index in [0.29, 0.717) is 24.2 Å². The van der Waals surface area contributed by atoms with Crippen molar-refractivity contribution in [2.45, 2.75) is 32.0 Å². The van der Waals surface area contributed by atoms with E-state index in [-0.39, 0.29) is 24.3 Å². The first-order chi connectivity index (χ1) is 8.92. The summed E-state index contributed by atoms with van der Waals surface area (Å²) >= 11 is 0. The Labute approximate surface area is 112 Å². The number of phenols is 1. The summed E-state index contributed by atoms with van der Waals surface area (Å²) in [5.74, 6) is -0.108. The molecule has 0 aliphatic carbocycles. The van der Waals surface area contributed by atoms with E-state index < -0.39 is 5.60 Å². The van der Waals surface area contributed by atoms with Crippen molar-refractivity contribution in [3.63, 3.8) is 0 Å². The van der Waals surface area contributed by atoms with Crippen LogP contribution < -0.4 is 5.32 Å². The van der Waals surface area contributed by atoms with Crippen LogP contribution in [0.2, 0.25) is 0 Å². The first-order valence-corrected chi connectivity index (χ1v) is 6.34. The molecule has 1 aliphatic rings. The lowest BCUT2D eigenvalue weighted by Gasteiger charge is -2.26. The highest BCUT2D eigenvalue weighted by molar-refractivity contribution is 5.94.